The molecule has 0 spiro atoms. The zero-order chi connectivity index (χ0) is 14.9. The molecule has 0 unspecified atom stereocenters. The summed E-state index contributed by atoms with van der Waals surface area (Å²) in [6.07, 6.45) is 0. The lowest BCUT2D eigenvalue weighted by Crippen LogP contribution is -2.05. The van der Waals surface area contributed by atoms with Crippen molar-refractivity contribution in [2.45, 2.75) is 33.3 Å². The van der Waals surface area contributed by atoms with Crippen LogP contribution in [0, 0.1) is 6.92 Å². The molecule has 0 aliphatic carbocycles. The van der Waals surface area contributed by atoms with Gasteiger partial charge in [-0.2, -0.15) is 0 Å². The van der Waals surface area contributed by atoms with E-state index in [9.17, 15) is 9.90 Å². The number of aryl methyl sites for hydroxylation is 1. The molecule has 0 amide bonds. The molecule has 2 aromatic heterocycles. The fourth-order valence-electron chi connectivity index (χ4n) is 1.65. The first-order valence-electron chi connectivity index (χ1n) is 6.24. The highest BCUT2D eigenvalue weighted by atomic mass is 32.1. The molecule has 6 nitrogen and oxygen atoms in total. The number of carbonyl (C=O) groups is 1. The number of nitrogens with zero attached hydrogens (tertiary/aromatic N) is 3. The predicted molar refractivity (Wildman–Crippen MR) is 75.4 cm³/mol. The molecule has 20 heavy (non-hydrogen) atoms. The molecule has 108 valence electrons. The summed E-state index contributed by atoms with van der Waals surface area (Å²) >= 11 is 1.25. The van der Waals surface area contributed by atoms with E-state index in [1.54, 1.807) is 6.07 Å². The SMILES string of the molecule is Cc1nnc(COc2cc(C(C)C)sc2C(=O)O)n1C. The highest BCUT2D eigenvalue weighted by Gasteiger charge is 2.19. The van der Waals surface area contributed by atoms with Gasteiger partial charge in [0.15, 0.2) is 10.7 Å². The van der Waals surface area contributed by atoms with Gasteiger partial charge in [-0.25, -0.2) is 4.79 Å². The summed E-state index contributed by atoms with van der Waals surface area (Å²) in [4.78, 5) is 12.5. The number of hydrogen-bond acceptors (Lipinski definition) is 5. The molecular formula is C13H17N3O3S. The molecule has 7 heteroatoms. The normalized spacial score (nSPS) is 11.1. The van der Waals surface area contributed by atoms with Crippen LogP contribution in [0.4, 0.5) is 0 Å². The van der Waals surface area contributed by atoms with Crippen LogP contribution in [-0.4, -0.2) is 25.8 Å². The number of ether oxygens (including phenoxy) is 1. The third kappa shape index (κ3) is 2.82. The Morgan fingerprint density at radius 2 is 2.20 bits per heavy atom. The summed E-state index contributed by atoms with van der Waals surface area (Å²) in [5.74, 6) is 1.15. The number of carboxylic acid groups (broad SMARTS) is 1. The second-order valence-corrected chi connectivity index (χ2v) is 5.90. The van der Waals surface area contributed by atoms with Gasteiger partial charge in [-0.05, 0) is 18.9 Å². The van der Waals surface area contributed by atoms with Crippen LogP contribution in [-0.2, 0) is 13.7 Å². The van der Waals surface area contributed by atoms with Crippen LogP contribution in [0.5, 0.6) is 5.75 Å². The van der Waals surface area contributed by atoms with E-state index in [2.05, 4.69) is 10.2 Å². The minimum atomic E-state index is -0.967. The van der Waals surface area contributed by atoms with Crippen LogP contribution in [0.25, 0.3) is 0 Å². The molecule has 1 N–H and O–H groups in total. The van der Waals surface area contributed by atoms with E-state index in [0.29, 0.717) is 11.6 Å². The maximum absolute atomic E-state index is 11.2. The number of aromatic carboxylic acids is 1. The van der Waals surface area contributed by atoms with Crippen molar-refractivity contribution in [2.24, 2.45) is 7.05 Å². The number of carboxylic acids is 1. The summed E-state index contributed by atoms with van der Waals surface area (Å²) in [5, 5.41) is 17.1. The van der Waals surface area contributed by atoms with Crippen LogP contribution < -0.4 is 4.74 Å². The molecule has 0 aromatic carbocycles. The van der Waals surface area contributed by atoms with Crippen LogP contribution in [0.15, 0.2) is 6.07 Å². The fourth-order valence-corrected chi connectivity index (χ4v) is 2.60. The Hall–Kier alpha value is -1.89. The van der Waals surface area contributed by atoms with Gasteiger partial charge in [0.25, 0.3) is 0 Å². The number of aromatic nitrogens is 3. The van der Waals surface area contributed by atoms with Gasteiger partial charge in [0.1, 0.15) is 18.2 Å². The van der Waals surface area contributed by atoms with Crippen molar-refractivity contribution in [3.63, 3.8) is 0 Å². The van der Waals surface area contributed by atoms with E-state index in [1.165, 1.54) is 11.3 Å². The van der Waals surface area contributed by atoms with Crippen molar-refractivity contribution in [3.05, 3.63) is 27.5 Å². The highest BCUT2D eigenvalue weighted by molar-refractivity contribution is 7.14. The second kappa shape index (κ2) is 5.62. The van der Waals surface area contributed by atoms with Gasteiger partial charge >= 0.3 is 5.97 Å². The number of rotatable bonds is 5. The molecule has 0 bridgehead atoms. The monoisotopic (exact) mass is 295 g/mol. The van der Waals surface area contributed by atoms with Crippen molar-refractivity contribution in [2.75, 3.05) is 0 Å². The van der Waals surface area contributed by atoms with Crippen LogP contribution >= 0.6 is 11.3 Å². The molecule has 0 saturated heterocycles. The number of hydrogen-bond donors (Lipinski definition) is 1. The fraction of sp³-hybridized carbons (Fsp3) is 0.462. The molecule has 0 aliphatic rings. The summed E-state index contributed by atoms with van der Waals surface area (Å²) < 4.78 is 7.43. The smallest absolute Gasteiger partial charge is 0.349 e. The molecule has 2 heterocycles. The Morgan fingerprint density at radius 3 is 2.70 bits per heavy atom. The Labute approximate surface area is 121 Å². The first-order valence-corrected chi connectivity index (χ1v) is 7.06. The summed E-state index contributed by atoms with van der Waals surface area (Å²) in [7, 11) is 1.85. The molecule has 2 rings (SSSR count). The third-order valence-electron chi connectivity index (χ3n) is 3.02. The zero-order valence-electron chi connectivity index (χ0n) is 11.9. The Morgan fingerprint density at radius 1 is 1.50 bits per heavy atom. The maximum Gasteiger partial charge on any atom is 0.349 e. The third-order valence-corrected chi connectivity index (χ3v) is 4.42. The van der Waals surface area contributed by atoms with Crippen molar-refractivity contribution in [3.8, 4) is 5.75 Å². The van der Waals surface area contributed by atoms with E-state index in [4.69, 9.17) is 4.74 Å². The van der Waals surface area contributed by atoms with Gasteiger partial charge in [0, 0.05) is 11.9 Å². The zero-order valence-corrected chi connectivity index (χ0v) is 12.7. The minimum absolute atomic E-state index is 0.200. The lowest BCUT2D eigenvalue weighted by atomic mass is 10.2. The Balaban J connectivity index is 2.20. The molecular weight excluding hydrogens is 278 g/mol. The van der Waals surface area contributed by atoms with E-state index >= 15 is 0 Å². The van der Waals surface area contributed by atoms with E-state index in [0.717, 1.165) is 10.7 Å². The second-order valence-electron chi connectivity index (χ2n) is 4.81. The van der Waals surface area contributed by atoms with Crippen LogP contribution in [0.3, 0.4) is 0 Å². The van der Waals surface area contributed by atoms with Crippen LogP contribution in [0.2, 0.25) is 0 Å². The van der Waals surface area contributed by atoms with E-state index in [1.807, 2.05) is 32.4 Å². The Bertz CT molecular complexity index is 631. The van der Waals surface area contributed by atoms with Crippen molar-refractivity contribution in [1.82, 2.24) is 14.8 Å². The lowest BCUT2D eigenvalue weighted by molar-refractivity contribution is 0.0697. The highest BCUT2D eigenvalue weighted by Crippen LogP contribution is 2.34. The molecule has 2 aromatic rings. The summed E-state index contributed by atoms with van der Waals surface area (Å²) in [5.41, 5.74) is 0. The topological polar surface area (TPSA) is 77.2 Å². The van der Waals surface area contributed by atoms with Gasteiger partial charge in [0.05, 0.1) is 0 Å². The lowest BCUT2D eigenvalue weighted by Gasteiger charge is -2.05. The van der Waals surface area contributed by atoms with Gasteiger partial charge in [-0.15, -0.1) is 21.5 Å². The minimum Gasteiger partial charge on any atom is -0.484 e. The summed E-state index contributed by atoms with van der Waals surface area (Å²) in [6, 6.07) is 1.79. The standard InChI is InChI=1S/C13H17N3O3S/c1-7(2)10-5-9(12(20-10)13(17)18)19-6-11-15-14-8(3)16(11)4/h5,7H,6H2,1-4H3,(H,17,18). The summed E-state index contributed by atoms with van der Waals surface area (Å²) in [6.45, 7) is 6.09. The molecule has 0 aliphatic heterocycles. The van der Waals surface area contributed by atoms with E-state index < -0.39 is 5.97 Å². The predicted octanol–water partition coefficient (Wildman–Crippen LogP) is 2.59. The largest absolute Gasteiger partial charge is 0.484 e. The Kier molecular flexibility index (Phi) is 4.08. The maximum atomic E-state index is 11.2. The molecule has 0 radical (unpaired) electrons. The van der Waals surface area contributed by atoms with Gasteiger partial charge in [0.2, 0.25) is 0 Å². The quantitative estimate of drug-likeness (QED) is 0.917. The average molecular weight is 295 g/mol. The first kappa shape index (κ1) is 14.5. The molecule has 0 atom stereocenters. The van der Waals surface area contributed by atoms with Gasteiger partial charge in [-0.3, -0.25) is 0 Å². The molecule has 0 fully saturated rings. The molecule has 0 saturated carbocycles. The van der Waals surface area contributed by atoms with Crippen molar-refractivity contribution >= 4 is 17.3 Å². The van der Waals surface area contributed by atoms with Crippen molar-refractivity contribution in [1.29, 1.82) is 0 Å². The van der Waals surface area contributed by atoms with Gasteiger partial charge in [-0.1, -0.05) is 13.8 Å². The first-order chi connectivity index (χ1) is 9.40. The average Bonchev–Trinajstić information content (AvgIpc) is 2.94. The number of thiophene rings is 1. The van der Waals surface area contributed by atoms with E-state index in [-0.39, 0.29) is 17.4 Å². The van der Waals surface area contributed by atoms with Crippen molar-refractivity contribution < 1.29 is 14.6 Å². The van der Waals surface area contributed by atoms with Gasteiger partial charge < -0.3 is 14.4 Å². The van der Waals surface area contributed by atoms with Crippen LogP contribution in [0.1, 0.15) is 46.0 Å².